The van der Waals surface area contributed by atoms with Gasteiger partial charge in [-0.25, -0.2) is 0 Å². The number of fused-ring (bicyclic) bond motifs is 2. The molecule has 0 N–H and O–H groups in total. The minimum atomic E-state index is 0.000844. The van der Waals surface area contributed by atoms with Crippen molar-refractivity contribution in [2.24, 2.45) is 0 Å². The number of aromatic nitrogens is 3. The molecule has 1 atom stereocenters. The average molecular weight is 359 g/mol. The summed E-state index contributed by atoms with van der Waals surface area (Å²) in [7, 11) is 0. The second-order valence-electron chi connectivity index (χ2n) is 7.06. The van der Waals surface area contributed by atoms with Gasteiger partial charge in [-0.3, -0.25) is 4.79 Å². The topological polar surface area (TPSA) is 51.0 Å². The van der Waals surface area contributed by atoms with Gasteiger partial charge in [0.05, 0.1) is 6.04 Å². The molecule has 0 saturated carbocycles. The molecule has 1 aromatic carbocycles. The van der Waals surface area contributed by atoms with Crippen LogP contribution in [0.5, 0.6) is 0 Å². The highest BCUT2D eigenvalue weighted by Crippen LogP contribution is 2.25. The molecule has 0 saturated heterocycles. The van der Waals surface area contributed by atoms with E-state index in [1.165, 1.54) is 36.0 Å². The van der Waals surface area contributed by atoms with Crippen LogP contribution in [-0.4, -0.2) is 37.5 Å². The van der Waals surface area contributed by atoms with Crippen LogP contribution in [0.3, 0.4) is 0 Å². The van der Waals surface area contributed by atoms with Gasteiger partial charge < -0.3 is 9.47 Å². The molecule has 0 radical (unpaired) electrons. The summed E-state index contributed by atoms with van der Waals surface area (Å²) in [5, 5.41) is 8.11. The second kappa shape index (κ2) is 7.16. The molecule has 2 heterocycles. The van der Waals surface area contributed by atoms with Crippen LogP contribution in [0.2, 0.25) is 0 Å². The van der Waals surface area contributed by atoms with Crippen LogP contribution in [-0.2, 0) is 37.1 Å². The molecular formula is C19H23ClN4O. The number of carbonyl (C=O) groups is 1. The molecule has 2 aromatic rings. The molecule has 25 heavy (non-hydrogen) atoms. The van der Waals surface area contributed by atoms with Crippen LogP contribution in [0.15, 0.2) is 24.5 Å². The molecule has 1 amide bonds. The number of nitrogens with zero attached hydrogens (tertiary/aromatic N) is 4. The van der Waals surface area contributed by atoms with Gasteiger partial charge in [-0.05, 0) is 48.8 Å². The highest BCUT2D eigenvalue weighted by Gasteiger charge is 2.28. The standard InChI is InChI=1S/C19H23ClN4O/c20-10-19(25)24(17-7-8-18-22-21-13-23(18)12-17)11-14-5-6-15-3-1-2-4-16(15)9-14/h5-6,9,13,17H,1-4,7-8,10-12H2. The Balaban J connectivity index is 1.55. The SMILES string of the molecule is O=C(CCl)N(Cc1ccc2c(c1)CCCC2)C1CCc2nncn2C1. The Labute approximate surface area is 153 Å². The first kappa shape index (κ1) is 16.6. The smallest absolute Gasteiger partial charge is 0.238 e. The summed E-state index contributed by atoms with van der Waals surface area (Å²) < 4.78 is 2.05. The lowest BCUT2D eigenvalue weighted by molar-refractivity contribution is -0.132. The fourth-order valence-corrected chi connectivity index (χ4v) is 4.23. The zero-order valence-electron chi connectivity index (χ0n) is 14.3. The van der Waals surface area contributed by atoms with E-state index in [1.807, 2.05) is 4.90 Å². The third-order valence-corrected chi connectivity index (χ3v) is 5.67. The van der Waals surface area contributed by atoms with Gasteiger partial charge >= 0.3 is 0 Å². The Morgan fingerprint density at radius 1 is 1.24 bits per heavy atom. The summed E-state index contributed by atoms with van der Waals surface area (Å²) in [5.41, 5.74) is 4.12. The third kappa shape index (κ3) is 3.43. The summed E-state index contributed by atoms with van der Waals surface area (Å²) in [4.78, 5) is 14.5. The van der Waals surface area contributed by atoms with E-state index >= 15 is 0 Å². The summed E-state index contributed by atoms with van der Waals surface area (Å²) >= 11 is 5.90. The average Bonchev–Trinajstić information content (AvgIpc) is 3.13. The predicted octanol–water partition coefficient (Wildman–Crippen LogP) is 2.74. The maximum atomic E-state index is 12.5. The van der Waals surface area contributed by atoms with Gasteiger partial charge in [-0.1, -0.05) is 18.2 Å². The van der Waals surface area contributed by atoms with Gasteiger partial charge in [0.1, 0.15) is 18.0 Å². The molecule has 6 heteroatoms. The van der Waals surface area contributed by atoms with Gasteiger partial charge in [-0.2, -0.15) is 0 Å². The van der Waals surface area contributed by atoms with E-state index in [-0.39, 0.29) is 17.8 Å². The zero-order chi connectivity index (χ0) is 17.2. The summed E-state index contributed by atoms with van der Waals surface area (Å²) in [5.74, 6) is 1.03. The first-order valence-electron chi connectivity index (χ1n) is 9.07. The number of alkyl halides is 1. The Kier molecular flexibility index (Phi) is 4.75. The molecule has 4 rings (SSSR count). The Bertz CT molecular complexity index is 773. The largest absolute Gasteiger partial charge is 0.333 e. The number of hydrogen-bond donors (Lipinski definition) is 0. The monoisotopic (exact) mass is 358 g/mol. The fourth-order valence-electron chi connectivity index (χ4n) is 4.07. The molecule has 1 aromatic heterocycles. The van der Waals surface area contributed by atoms with E-state index in [1.54, 1.807) is 6.33 Å². The van der Waals surface area contributed by atoms with Crippen LogP contribution >= 0.6 is 11.6 Å². The van der Waals surface area contributed by atoms with Gasteiger partial charge in [0.2, 0.25) is 5.91 Å². The van der Waals surface area contributed by atoms with Crippen molar-refractivity contribution in [3.63, 3.8) is 0 Å². The van der Waals surface area contributed by atoms with Crippen molar-refractivity contribution < 1.29 is 4.79 Å². The number of benzene rings is 1. The van der Waals surface area contributed by atoms with Crippen molar-refractivity contribution in [1.29, 1.82) is 0 Å². The summed E-state index contributed by atoms with van der Waals surface area (Å²) in [6, 6.07) is 6.85. The molecule has 0 spiro atoms. The number of rotatable bonds is 4. The van der Waals surface area contributed by atoms with Crippen LogP contribution in [0.25, 0.3) is 0 Å². The number of hydrogen-bond acceptors (Lipinski definition) is 3. The Hall–Kier alpha value is -1.88. The van der Waals surface area contributed by atoms with Crippen LogP contribution in [0, 0.1) is 0 Å². The molecule has 0 bridgehead atoms. The lowest BCUT2D eigenvalue weighted by atomic mass is 9.90. The third-order valence-electron chi connectivity index (χ3n) is 5.45. The van der Waals surface area contributed by atoms with E-state index < -0.39 is 0 Å². The van der Waals surface area contributed by atoms with E-state index in [0.29, 0.717) is 6.54 Å². The van der Waals surface area contributed by atoms with Crippen molar-refractivity contribution in [2.45, 2.75) is 57.7 Å². The molecule has 1 aliphatic carbocycles. The molecule has 1 aliphatic heterocycles. The van der Waals surface area contributed by atoms with Gasteiger partial charge in [-0.15, -0.1) is 21.8 Å². The van der Waals surface area contributed by atoms with E-state index in [4.69, 9.17) is 11.6 Å². The molecular weight excluding hydrogens is 336 g/mol. The highest BCUT2D eigenvalue weighted by atomic mass is 35.5. The Morgan fingerprint density at radius 2 is 2.08 bits per heavy atom. The van der Waals surface area contributed by atoms with Crippen LogP contribution < -0.4 is 0 Å². The van der Waals surface area contributed by atoms with E-state index in [9.17, 15) is 4.79 Å². The minimum Gasteiger partial charge on any atom is -0.333 e. The molecule has 1 unspecified atom stereocenters. The number of aryl methyl sites for hydroxylation is 3. The van der Waals surface area contributed by atoms with Gasteiger partial charge in [0.15, 0.2) is 0 Å². The van der Waals surface area contributed by atoms with E-state index in [0.717, 1.165) is 31.6 Å². The first-order chi connectivity index (χ1) is 12.2. The number of amides is 1. The maximum Gasteiger partial charge on any atom is 0.238 e. The lowest BCUT2D eigenvalue weighted by Gasteiger charge is -2.34. The predicted molar refractivity (Wildman–Crippen MR) is 96.5 cm³/mol. The molecule has 132 valence electrons. The van der Waals surface area contributed by atoms with E-state index in [2.05, 4.69) is 33.0 Å². The lowest BCUT2D eigenvalue weighted by Crippen LogP contribution is -2.45. The molecule has 5 nitrogen and oxygen atoms in total. The van der Waals surface area contributed by atoms with Crippen LogP contribution in [0.4, 0.5) is 0 Å². The molecule has 0 fully saturated rings. The van der Waals surface area contributed by atoms with Crippen molar-refractivity contribution in [3.8, 4) is 0 Å². The van der Waals surface area contributed by atoms with Gasteiger partial charge in [0.25, 0.3) is 0 Å². The van der Waals surface area contributed by atoms with Crippen molar-refractivity contribution >= 4 is 17.5 Å². The van der Waals surface area contributed by atoms with Crippen molar-refractivity contribution in [1.82, 2.24) is 19.7 Å². The minimum absolute atomic E-state index is 0.000844. The fraction of sp³-hybridized carbons (Fsp3) is 0.526. The normalized spacial score (nSPS) is 19.2. The quantitative estimate of drug-likeness (QED) is 0.790. The van der Waals surface area contributed by atoms with Gasteiger partial charge in [0, 0.05) is 19.5 Å². The van der Waals surface area contributed by atoms with Crippen molar-refractivity contribution in [2.75, 3.05) is 5.88 Å². The summed E-state index contributed by atoms with van der Waals surface area (Å²) in [6.07, 6.45) is 8.39. The number of halogens is 1. The highest BCUT2D eigenvalue weighted by molar-refractivity contribution is 6.27. The van der Waals surface area contributed by atoms with Crippen molar-refractivity contribution in [3.05, 3.63) is 47.0 Å². The molecule has 2 aliphatic rings. The van der Waals surface area contributed by atoms with Crippen LogP contribution in [0.1, 0.15) is 41.8 Å². The number of carbonyl (C=O) groups excluding carboxylic acids is 1. The Morgan fingerprint density at radius 3 is 2.92 bits per heavy atom. The maximum absolute atomic E-state index is 12.5. The zero-order valence-corrected chi connectivity index (χ0v) is 15.1. The first-order valence-corrected chi connectivity index (χ1v) is 9.61. The summed E-state index contributed by atoms with van der Waals surface area (Å²) in [6.45, 7) is 1.37. The second-order valence-corrected chi connectivity index (χ2v) is 7.32.